The van der Waals surface area contributed by atoms with Crippen LogP contribution in [0.15, 0.2) is 23.7 Å². The van der Waals surface area contributed by atoms with Gasteiger partial charge in [-0.05, 0) is 25.5 Å². The number of aromatic nitrogens is 3. The second kappa shape index (κ2) is 7.43. The van der Waals surface area contributed by atoms with E-state index in [9.17, 15) is 13.9 Å². The lowest BCUT2D eigenvalue weighted by atomic mass is 10.1. The lowest BCUT2D eigenvalue weighted by Gasteiger charge is -2.38. The van der Waals surface area contributed by atoms with Crippen molar-refractivity contribution < 1.29 is 13.9 Å². The van der Waals surface area contributed by atoms with Crippen molar-refractivity contribution >= 4 is 33.6 Å². The molecule has 28 heavy (non-hydrogen) atoms. The van der Waals surface area contributed by atoms with Crippen molar-refractivity contribution in [2.45, 2.75) is 32.4 Å². The molecule has 4 rings (SSSR count). The van der Waals surface area contributed by atoms with E-state index in [0.29, 0.717) is 22.5 Å². The fourth-order valence-electron chi connectivity index (χ4n) is 2.95. The van der Waals surface area contributed by atoms with Gasteiger partial charge in [0.05, 0.1) is 29.4 Å². The average molecular weight is 424 g/mol. The topological polar surface area (TPSA) is 74.2 Å². The van der Waals surface area contributed by atoms with E-state index in [1.165, 1.54) is 22.7 Å². The van der Waals surface area contributed by atoms with Gasteiger partial charge in [0.2, 0.25) is 0 Å². The molecule has 0 aromatic carbocycles. The number of likely N-dealkylation sites (tertiary alicyclic amines) is 1. The minimum absolute atomic E-state index is 0.192. The summed E-state index contributed by atoms with van der Waals surface area (Å²) in [4.78, 5) is 15.9. The number of alkyl halides is 2. The summed E-state index contributed by atoms with van der Waals surface area (Å²) < 4.78 is 25.8. The second-order valence-corrected chi connectivity index (χ2v) is 8.75. The highest BCUT2D eigenvalue weighted by Gasteiger charge is 2.43. The Balaban J connectivity index is 1.40. The van der Waals surface area contributed by atoms with Crippen LogP contribution in [0.5, 0.6) is 0 Å². The molecule has 2 N–H and O–H groups in total. The quantitative estimate of drug-likeness (QED) is 0.619. The predicted octanol–water partition coefficient (Wildman–Crippen LogP) is 4.22. The standard InChI is InChI=1S/C18H19F2N5OS2/c1-10-15(28-16(22-10)11(2)26)13-7-27-17(23-13)24-14-4-3-12(5-21-14)6-25-8-18(19,20)9-25/h3-5,7,11,26H,6,8-9H2,1-2H3,(H,21,23,24). The molecular weight excluding hydrogens is 404 g/mol. The summed E-state index contributed by atoms with van der Waals surface area (Å²) in [5.41, 5.74) is 2.55. The van der Waals surface area contributed by atoms with Gasteiger partial charge in [0.25, 0.3) is 5.92 Å². The lowest BCUT2D eigenvalue weighted by Crippen LogP contribution is -2.55. The molecule has 3 aromatic heterocycles. The molecule has 1 unspecified atom stereocenters. The summed E-state index contributed by atoms with van der Waals surface area (Å²) in [5.74, 6) is -1.91. The van der Waals surface area contributed by atoms with Crippen molar-refractivity contribution in [2.24, 2.45) is 0 Å². The summed E-state index contributed by atoms with van der Waals surface area (Å²) in [5, 5.41) is 16.2. The zero-order valence-corrected chi connectivity index (χ0v) is 16.9. The number of hydrogen-bond donors (Lipinski definition) is 2. The van der Waals surface area contributed by atoms with E-state index >= 15 is 0 Å². The van der Waals surface area contributed by atoms with Gasteiger partial charge in [0.15, 0.2) is 5.13 Å². The van der Waals surface area contributed by atoms with Crippen LogP contribution >= 0.6 is 22.7 Å². The smallest absolute Gasteiger partial charge is 0.272 e. The van der Waals surface area contributed by atoms with Crippen molar-refractivity contribution in [3.05, 3.63) is 40.0 Å². The van der Waals surface area contributed by atoms with Crippen LogP contribution in [0.3, 0.4) is 0 Å². The zero-order chi connectivity index (χ0) is 19.9. The van der Waals surface area contributed by atoms with E-state index in [1.807, 2.05) is 24.4 Å². The third-order valence-electron chi connectivity index (χ3n) is 4.28. The number of thiazole rings is 2. The van der Waals surface area contributed by atoms with Gasteiger partial charge in [-0.2, -0.15) is 0 Å². The van der Waals surface area contributed by atoms with Gasteiger partial charge in [-0.1, -0.05) is 6.07 Å². The van der Waals surface area contributed by atoms with E-state index < -0.39 is 12.0 Å². The van der Waals surface area contributed by atoms with Crippen molar-refractivity contribution in [2.75, 3.05) is 18.4 Å². The van der Waals surface area contributed by atoms with Crippen molar-refractivity contribution in [3.8, 4) is 10.6 Å². The Labute approximate surface area is 168 Å². The van der Waals surface area contributed by atoms with Crippen LogP contribution in [-0.2, 0) is 6.54 Å². The first kappa shape index (κ1) is 19.3. The Morgan fingerprint density at radius 3 is 2.71 bits per heavy atom. The molecule has 6 nitrogen and oxygen atoms in total. The Morgan fingerprint density at radius 1 is 1.32 bits per heavy atom. The highest BCUT2D eigenvalue weighted by molar-refractivity contribution is 7.17. The number of nitrogens with one attached hydrogen (secondary N) is 1. The maximum Gasteiger partial charge on any atom is 0.272 e. The highest BCUT2D eigenvalue weighted by Crippen LogP contribution is 2.35. The maximum absolute atomic E-state index is 12.9. The molecule has 0 amide bonds. The number of pyridine rings is 1. The van der Waals surface area contributed by atoms with Gasteiger partial charge in [-0.3, -0.25) is 4.90 Å². The van der Waals surface area contributed by atoms with Crippen LogP contribution in [0.1, 0.15) is 29.3 Å². The van der Waals surface area contributed by atoms with Crippen LogP contribution in [0.2, 0.25) is 0 Å². The number of aliphatic hydroxyl groups is 1. The normalized spacial score (nSPS) is 17.3. The number of halogens is 2. The van der Waals surface area contributed by atoms with Gasteiger partial charge in [-0.25, -0.2) is 23.7 Å². The van der Waals surface area contributed by atoms with Crippen LogP contribution in [0.25, 0.3) is 10.6 Å². The van der Waals surface area contributed by atoms with Gasteiger partial charge in [0.1, 0.15) is 16.9 Å². The third-order valence-corrected chi connectivity index (χ3v) is 6.39. The van der Waals surface area contributed by atoms with E-state index in [0.717, 1.165) is 21.8 Å². The summed E-state index contributed by atoms with van der Waals surface area (Å²) in [6.45, 7) is 3.68. The first-order chi connectivity index (χ1) is 13.3. The molecule has 0 radical (unpaired) electrons. The minimum Gasteiger partial charge on any atom is -0.386 e. The monoisotopic (exact) mass is 423 g/mol. The van der Waals surface area contributed by atoms with E-state index in [2.05, 4.69) is 20.3 Å². The molecule has 1 saturated heterocycles. The number of nitrogens with zero attached hydrogens (tertiary/aromatic N) is 4. The van der Waals surface area contributed by atoms with Crippen molar-refractivity contribution in [3.63, 3.8) is 0 Å². The van der Waals surface area contributed by atoms with Crippen molar-refractivity contribution in [1.82, 2.24) is 19.9 Å². The van der Waals surface area contributed by atoms with Gasteiger partial charge < -0.3 is 10.4 Å². The number of aryl methyl sites for hydroxylation is 1. The van der Waals surface area contributed by atoms with Gasteiger partial charge >= 0.3 is 0 Å². The number of anilines is 2. The van der Waals surface area contributed by atoms with Crippen LogP contribution in [0, 0.1) is 6.92 Å². The van der Waals surface area contributed by atoms with E-state index in [1.54, 1.807) is 18.0 Å². The first-order valence-corrected chi connectivity index (χ1v) is 10.4. The van der Waals surface area contributed by atoms with Crippen molar-refractivity contribution in [1.29, 1.82) is 0 Å². The molecule has 1 fully saturated rings. The Kier molecular flexibility index (Phi) is 5.13. The molecule has 0 bridgehead atoms. The maximum atomic E-state index is 12.9. The fraction of sp³-hybridized carbons (Fsp3) is 0.389. The molecule has 0 aliphatic carbocycles. The molecular formula is C18H19F2N5OS2. The van der Waals surface area contributed by atoms with Gasteiger partial charge in [0, 0.05) is 18.1 Å². The minimum atomic E-state index is -2.55. The lowest BCUT2D eigenvalue weighted by molar-refractivity contribution is -0.133. The SMILES string of the molecule is Cc1nc(C(C)O)sc1-c1csc(Nc2ccc(CN3CC(F)(F)C3)cn2)n1. The Hall–Kier alpha value is -2.01. The number of rotatable bonds is 6. The van der Waals surface area contributed by atoms with E-state index in [4.69, 9.17) is 0 Å². The van der Waals surface area contributed by atoms with Crippen LogP contribution in [-0.4, -0.2) is 44.0 Å². The van der Waals surface area contributed by atoms with Crippen LogP contribution in [0.4, 0.5) is 19.7 Å². The molecule has 0 spiro atoms. The molecule has 0 saturated carbocycles. The van der Waals surface area contributed by atoms with Gasteiger partial charge in [-0.15, -0.1) is 22.7 Å². The first-order valence-electron chi connectivity index (χ1n) is 8.72. The van der Waals surface area contributed by atoms with Crippen LogP contribution < -0.4 is 5.32 Å². The second-order valence-electron chi connectivity index (χ2n) is 6.86. The number of hydrogen-bond acceptors (Lipinski definition) is 8. The zero-order valence-electron chi connectivity index (χ0n) is 15.3. The molecule has 10 heteroatoms. The largest absolute Gasteiger partial charge is 0.386 e. The molecule has 1 aliphatic rings. The summed E-state index contributed by atoms with van der Waals surface area (Å²) in [6.07, 6.45) is 1.09. The highest BCUT2D eigenvalue weighted by atomic mass is 32.1. The molecule has 3 aromatic rings. The number of aliphatic hydroxyl groups excluding tert-OH is 1. The molecule has 4 heterocycles. The molecule has 148 valence electrons. The van der Waals surface area contributed by atoms with E-state index in [-0.39, 0.29) is 13.1 Å². The third kappa shape index (κ3) is 4.19. The molecule has 1 aliphatic heterocycles. The Morgan fingerprint density at radius 2 is 2.11 bits per heavy atom. The average Bonchev–Trinajstić information content (AvgIpc) is 3.21. The Bertz CT molecular complexity index is 963. The summed E-state index contributed by atoms with van der Waals surface area (Å²) in [7, 11) is 0. The molecule has 1 atom stereocenters. The summed E-state index contributed by atoms with van der Waals surface area (Å²) in [6, 6.07) is 3.69. The fourth-order valence-corrected chi connectivity index (χ4v) is 4.70. The summed E-state index contributed by atoms with van der Waals surface area (Å²) >= 11 is 2.89. The predicted molar refractivity (Wildman–Crippen MR) is 106 cm³/mol.